The van der Waals surface area contributed by atoms with Gasteiger partial charge in [0.1, 0.15) is 0 Å². The van der Waals surface area contributed by atoms with Crippen LogP contribution < -0.4 is 0 Å². The molecule has 3 nitrogen and oxygen atoms in total. The van der Waals surface area contributed by atoms with E-state index in [0.717, 1.165) is 15.6 Å². The van der Waals surface area contributed by atoms with Crippen LogP contribution in [0.1, 0.15) is 25.0 Å². The lowest BCUT2D eigenvalue weighted by Gasteiger charge is -2.51. The number of hydrogen-bond acceptors (Lipinski definition) is 2. The molecule has 1 heterocycles. The minimum Gasteiger partial charge on any atom is -0.481 e. The van der Waals surface area contributed by atoms with Crippen LogP contribution in [0.4, 0.5) is 0 Å². The SMILES string of the molecule is Cc1ccc(Br)cc1C1(C(C)(C)C(=O)O)COC1. The standard InChI is InChI=1S/C14H17BrO3/c1-9-4-5-10(15)6-11(9)14(7-18-8-14)13(2,3)12(16)17/h4-6H,7-8H2,1-3H3,(H,16,17). The Labute approximate surface area is 115 Å². The predicted octanol–water partition coefficient (Wildman–Crippen LogP) is 3.14. The van der Waals surface area contributed by atoms with Crippen molar-refractivity contribution in [3.05, 3.63) is 33.8 Å². The van der Waals surface area contributed by atoms with E-state index in [1.165, 1.54) is 0 Å². The maximum atomic E-state index is 11.6. The smallest absolute Gasteiger partial charge is 0.310 e. The van der Waals surface area contributed by atoms with Crippen LogP contribution in [0.3, 0.4) is 0 Å². The lowest BCUT2D eigenvalue weighted by atomic mass is 9.59. The molecule has 18 heavy (non-hydrogen) atoms. The number of benzene rings is 1. The molecule has 1 aromatic carbocycles. The highest BCUT2D eigenvalue weighted by Gasteiger charge is 2.56. The molecule has 0 atom stereocenters. The van der Waals surface area contributed by atoms with Gasteiger partial charge in [0.15, 0.2) is 0 Å². The van der Waals surface area contributed by atoms with Gasteiger partial charge >= 0.3 is 5.97 Å². The van der Waals surface area contributed by atoms with Crippen molar-refractivity contribution in [2.75, 3.05) is 13.2 Å². The Bertz CT molecular complexity index is 490. The van der Waals surface area contributed by atoms with E-state index < -0.39 is 16.8 Å². The average molecular weight is 313 g/mol. The van der Waals surface area contributed by atoms with Gasteiger partial charge in [-0.15, -0.1) is 0 Å². The summed E-state index contributed by atoms with van der Waals surface area (Å²) in [5, 5.41) is 9.50. The summed E-state index contributed by atoms with van der Waals surface area (Å²) in [6.45, 7) is 6.49. The number of rotatable bonds is 3. The topological polar surface area (TPSA) is 46.5 Å². The van der Waals surface area contributed by atoms with Crippen LogP contribution >= 0.6 is 15.9 Å². The summed E-state index contributed by atoms with van der Waals surface area (Å²) < 4.78 is 6.31. The summed E-state index contributed by atoms with van der Waals surface area (Å²) >= 11 is 3.46. The average Bonchev–Trinajstić information content (AvgIpc) is 2.21. The van der Waals surface area contributed by atoms with E-state index in [9.17, 15) is 9.90 Å². The summed E-state index contributed by atoms with van der Waals surface area (Å²) in [6, 6.07) is 6.00. The predicted molar refractivity (Wildman–Crippen MR) is 72.8 cm³/mol. The zero-order valence-corrected chi connectivity index (χ0v) is 12.4. The minimum absolute atomic E-state index is 0.438. The van der Waals surface area contributed by atoms with Crippen molar-refractivity contribution >= 4 is 21.9 Å². The Kier molecular flexibility index (Phi) is 3.28. The van der Waals surface area contributed by atoms with Gasteiger partial charge in [0.2, 0.25) is 0 Å². The summed E-state index contributed by atoms with van der Waals surface area (Å²) in [6.07, 6.45) is 0. The number of halogens is 1. The zero-order valence-electron chi connectivity index (χ0n) is 10.8. The van der Waals surface area contributed by atoms with Crippen molar-refractivity contribution in [1.29, 1.82) is 0 Å². The monoisotopic (exact) mass is 312 g/mol. The van der Waals surface area contributed by atoms with Crippen LogP contribution in [0, 0.1) is 12.3 Å². The molecular formula is C14H17BrO3. The molecule has 0 aromatic heterocycles. The second kappa shape index (κ2) is 4.35. The molecule has 98 valence electrons. The van der Waals surface area contributed by atoms with Gasteiger partial charge in [0.05, 0.1) is 24.0 Å². The van der Waals surface area contributed by atoms with Crippen LogP contribution in [0.5, 0.6) is 0 Å². The van der Waals surface area contributed by atoms with Gasteiger partial charge in [-0.1, -0.05) is 22.0 Å². The van der Waals surface area contributed by atoms with Gasteiger partial charge in [-0.05, 0) is 44.0 Å². The first-order valence-electron chi connectivity index (χ1n) is 5.89. The normalized spacial score (nSPS) is 18.2. The lowest BCUT2D eigenvalue weighted by molar-refractivity contribution is -0.171. The molecule has 0 saturated carbocycles. The van der Waals surface area contributed by atoms with Crippen molar-refractivity contribution in [2.45, 2.75) is 26.2 Å². The van der Waals surface area contributed by atoms with Crippen molar-refractivity contribution in [3.8, 4) is 0 Å². The van der Waals surface area contributed by atoms with Crippen molar-refractivity contribution in [3.63, 3.8) is 0 Å². The van der Waals surface area contributed by atoms with Gasteiger partial charge in [0.25, 0.3) is 0 Å². The molecule has 0 spiro atoms. The number of hydrogen-bond donors (Lipinski definition) is 1. The third-order valence-corrected chi connectivity index (χ3v) is 4.64. The third-order valence-electron chi connectivity index (χ3n) is 4.14. The van der Waals surface area contributed by atoms with E-state index in [0.29, 0.717) is 13.2 Å². The fourth-order valence-corrected chi connectivity index (χ4v) is 2.83. The van der Waals surface area contributed by atoms with E-state index >= 15 is 0 Å². The van der Waals surface area contributed by atoms with Gasteiger partial charge in [-0.3, -0.25) is 4.79 Å². The lowest BCUT2D eigenvalue weighted by Crippen LogP contribution is -2.60. The molecule has 0 amide bonds. The molecular weight excluding hydrogens is 296 g/mol. The Morgan fingerprint density at radius 3 is 2.50 bits per heavy atom. The van der Waals surface area contributed by atoms with Crippen LogP contribution in [-0.2, 0) is 14.9 Å². The highest BCUT2D eigenvalue weighted by molar-refractivity contribution is 9.10. The largest absolute Gasteiger partial charge is 0.481 e. The molecule has 1 aromatic rings. The second-order valence-corrected chi connectivity index (χ2v) is 6.38. The van der Waals surface area contributed by atoms with Crippen LogP contribution in [0.15, 0.2) is 22.7 Å². The van der Waals surface area contributed by atoms with E-state index in [1.807, 2.05) is 25.1 Å². The molecule has 1 saturated heterocycles. The van der Waals surface area contributed by atoms with Gasteiger partial charge in [0, 0.05) is 4.47 Å². The molecule has 0 bridgehead atoms. The zero-order chi connectivity index (χ0) is 13.6. The first-order chi connectivity index (χ1) is 8.31. The number of carboxylic acids is 1. The van der Waals surface area contributed by atoms with E-state index in [4.69, 9.17) is 4.74 Å². The Morgan fingerprint density at radius 2 is 2.06 bits per heavy atom. The molecule has 1 aliphatic rings. The summed E-state index contributed by atoms with van der Waals surface area (Å²) in [5.41, 5.74) is 0.884. The van der Waals surface area contributed by atoms with Gasteiger partial charge < -0.3 is 9.84 Å². The van der Waals surface area contributed by atoms with Crippen LogP contribution in [-0.4, -0.2) is 24.3 Å². The molecule has 0 aliphatic carbocycles. The number of aryl methyl sites for hydroxylation is 1. The molecule has 2 rings (SSSR count). The first kappa shape index (κ1) is 13.6. The Balaban J connectivity index is 2.57. The number of ether oxygens (including phenoxy) is 1. The van der Waals surface area contributed by atoms with Crippen molar-refractivity contribution < 1.29 is 14.6 Å². The summed E-state index contributed by atoms with van der Waals surface area (Å²) in [4.78, 5) is 11.6. The molecule has 0 unspecified atom stereocenters. The van der Waals surface area contributed by atoms with Gasteiger partial charge in [-0.25, -0.2) is 0 Å². The van der Waals surface area contributed by atoms with Crippen molar-refractivity contribution in [1.82, 2.24) is 0 Å². The maximum Gasteiger partial charge on any atom is 0.310 e. The minimum atomic E-state index is -0.850. The van der Waals surface area contributed by atoms with E-state index in [1.54, 1.807) is 13.8 Å². The molecule has 4 heteroatoms. The van der Waals surface area contributed by atoms with E-state index in [-0.39, 0.29) is 0 Å². The molecule has 1 aliphatic heterocycles. The highest BCUT2D eigenvalue weighted by atomic mass is 79.9. The third kappa shape index (κ3) is 1.79. The number of carboxylic acid groups (broad SMARTS) is 1. The van der Waals surface area contributed by atoms with Crippen LogP contribution in [0.25, 0.3) is 0 Å². The molecule has 1 fully saturated rings. The number of carbonyl (C=O) groups is 1. The second-order valence-electron chi connectivity index (χ2n) is 5.46. The maximum absolute atomic E-state index is 11.6. The summed E-state index contributed by atoms with van der Waals surface area (Å²) in [7, 11) is 0. The fourth-order valence-electron chi connectivity index (χ4n) is 2.47. The quantitative estimate of drug-likeness (QED) is 0.932. The molecule has 1 N–H and O–H groups in total. The van der Waals surface area contributed by atoms with Gasteiger partial charge in [-0.2, -0.15) is 0 Å². The molecule has 0 radical (unpaired) electrons. The number of aliphatic carboxylic acids is 1. The Hall–Kier alpha value is -0.870. The van der Waals surface area contributed by atoms with Crippen LogP contribution in [0.2, 0.25) is 0 Å². The highest BCUT2D eigenvalue weighted by Crippen LogP contribution is 2.49. The first-order valence-corrected chi connectivity index (χ1v) is 6.68. The van der Waals surface area contributed by atoms with Crippen molar-refractivity contribution in [2.24, 2.45) is 5.41 Å². The Morgan fingerprint density at radius 1 is 1.44 bits per heavy atom. The summed E-state index contributed by atoms with van der Waals surface area (Å²) in [5.74, 6) is -0.787. The van der Waals surface area contributed by atoms with E-state index in [2.05, 4.69) is 15.9 Å². The fraction of sp³-hybridized carbons (Fsp3) is 0.500.